The van der Waals surface area contributed by atoms with E-state index in [0.29, 0.717) is 11.0 Å². The highest BCUT2D eigenvalue weighted by Crippen LogP contribution is 2.35. The molecule has 1 amide bonds. The number of thioether (sulfide) groups is 1. The number of hydrogen-bond donors (Lipinski definition) is 2. The van der Waals surface area contributed by atoms with Crippen LogP contribution in [0.4, 0.5) is 5.69 Å². The van der Waals surface area contributed by atoms with Crippen molar-refractivity contribution in [2.45, 2.75) is 17.3 Å². The summed E-state index contributed by atoms with van der Waals surface area (Å²) in [6.45, 7) is 2.04. The van der Waals surface area contributed by atoms with E-state index in [1.54, 1.807) is 0 Å². The highest BCUT2D eigenvalue weighted by molar-refractivity contribution is 8.00. The molecule has 0 spiro atoms. The summed E-state index contributed by atoms with van der Waals surface area (Å²) in [7, 11) is 0. The molecule has 3 aromatic carbocycles. The molecule has 2 N–H and O–H groups in total. The highest BCUT2D eigenvalue weighted by Gasteiger charge is 2.24. The minimum Gasteiger partial charge on any atom is -0.325 e. The van der Waals surface area contributed by atoms with Crippen LogP contribution in [0.15, 0.2) is 90.1 Å². The summed E-state index contributed by atoms with van der Waals surface area (Å²) in [5, 5.41) is 10.3. The zero-order valence-corrected chi connectivity index (χ0v) is 16.7. The Hall–Kier alpha value is -3.38. The molecule has 1 atom stereocenters. The molecule has 0 fully saturated rings. The van der Waals surface area contributed by atoms with E-state index in [-0.39, 0.29) is 5.91 Å². The van der Waals surface area contributed by atoms with E-state index >= 15 is 0 Å². The number of para-hydroxylation sites is 1. The average molecular weight is 401 g/mol. The van der Waals surface area contributed by atoms with Crippen LogP contribution in [-0.4, -0.2) is 21.1 Å². The summed E-state index contributed by atoms with van der Waals surface area (Å²) in [6, 6.07) is 27.2. The Morgan fingerprint density at radius 3 is 2.28 bits per heavy atom. The normalized spacial score (nSPS) is 11.8. The zero-order chi connectivity index (χ0) is 20.1. The van der Waals surface area contributed by atoms with Gasteiger partial charge in [0.15, 0.2) is 5.82 Å². The third-order valence-corrected chi connectivity index (χ3v) is 5.51. The van der Waals surface area contributed by atoms with E-state index < -0.39 is 5.25 Å². The summed E-state index contributed by atoms with van der Waals surface area (Å²) in [5.74, 6) is 0.567. The van der Waals surface area contributed by atoms with Gasteiger partial charge in [0.05, 0.1) is 0 Å². The van der Waals surface area contributed by atoms with E-state index in [1.807, 2.05) is 91.9 Å². The van der Waals surface area contributed by atoms with E-state index in [2.05, 4.69) is 20.5 Å². The second-order valence-corrected chi connectivity index (χ2v) is 7.67. The lowest BCUT2D eigenvalue weighted by Gasteiger charge is -2.15. The van der Waals surface area contributed by atoms with Gasteiger partial charge in [-0.1, -0.05) is 90.1 Å². The van der Waals surface area contributed by atoms with E-state index in [0.717, 1.165) is 16.8 Å². The first-order valence-corrected chi connectivity index (χ1v) is 10.1. The summed E-state index contributed by atoms with van der Waals surface area (Å²) in [5.41, 5.74) is 3.80. The predicted molar refractivity (Wildman–Crippen MR) is 117 cm³/mol. The SMILES string of the molecule is Cc1ccc(-c2nc(SC(C(=O)Nc3ccccc3)c3ccccc3)n[nH]2)cc1. The van der Waals surface area contributed by atoms with Gasteiger partial charge in [0, 0.05) is 11.3 Å². The Morgan fingerprint density at radius 1 is 0.931 bits per heavy atom. The largest absolute Gasteiger partial charge is 0.325 e. The zero-order valence-electron chi connectivity index (χ0n) is 15.9. The Kier molecular flexibility index (Phi) is 5.72. The minimum atomic E-state index is -0.474. The Balaban J connectivity index is 1.57. The highest BCUT2D eigenvalue weighted by atomic mass is 32.2. The molecule has 4 rings (SSSR count). The molecule has 0 radical (unpaired) electrons. The molecular formula is C23H20N4OS. The molecule has 29 heavy (non-hydrogen) atoms. The van der Waals surface area contributed by atoms with E-state index in [1.165, 1.54) is 17.3 Å². The third kappa shape index (κ3) is 4.73. The number of nitrogens with one attached hydrogen (secondary N) is 2. The molecule has 0 bridgehead atoms. The van der Waals surface area contributed by atoms with Crippen LogP contribution in [0.2, 0.25) is 0 Å². The summed E-state index contributed by atoms with van der Waals surface area (Å²) < 4.78 is 0. The van der Waals surface area contributed by atoms with E-state index in [4.69, 9.17) is 0 Å². The van der Waals surface area contributed by atoms with Crippen molar-refractivity contribution in [3.05, 3.63) is 96.1 Å². The lowest BCUT2D eigenvalue weighted by atomic mass is 10.1. The van der Waals surface area contributed by atoms with Gasteiger partial charge >= 0.3 is 0 Å². The van der Waals surface area contributed by atoms with Crippen molar-refractivity contribution in [2.75, 3.05) is 5.32 Å². The Labute approximate surface area is 173 Å². The smallest absolute Gasteiger partial charge is 0.242 e. The molecule has 0 saturated heterocycles. The molecule has 1 unspecified atom stereocenters. The first-order valence-electron chi connectivity index (χ1n) is 9.26. The molecule has 1 heterocycles. The third-order valence-electron chi connectivity index (χ3n) is 4.39. The molecule has 144 valence electrons. The van der Waals surface area contributed by atoms with Crippen molar-refractivity contribution in [3.63, 3.8) is 0 Å². The van der Waals surface area contributed by atoms with Gasteiger partial charge in [-0.2, -0.15) is 0 Å². The summed E-state index contributed by atoms with van der Waals surface area (Å²) in [4.78, 5) is 17.6. The van der Waals surface area contributed by atoms with Crippen LogP contribution in [0.25, 0.3) is 11.4 Å². The fourth-order valence-corrected chi connectivity index (χ4v) is 3.79. The maximum atomic E-state index is 13.0. The number of hydrogen-bond acceptors (Lipinski definition) is 4. The minimum absolute atomic E-state index is 0.117. The van der Waals surface area contributed by atoms with Crippen LogP contribution in [0.3, 0.4) is 0 Å². The van der Waals surface area contributed by atoms with Crippen LogP contribution in [0, 0.1) is 6.92 Å². The van der Waals surface area contributed by atoms with Crippen LogP contribution < -0.4 is 5.32 Å². The van der Waals surface area contributed by atoms with Crippen molar-refractivity contribution >= 4 is 23.4 Å². The number of benzene rings is 3. The van der Waals surface area contributed by atoms with E-state index in [9.17, 15) is 4.79 Å². The molecular weight excluding hydrogens is 380 g/mol. The number of rotatable bonds is 6. The number of aromatic nitrogens is 3. The standard InChI is InChI=1S/C23H20N4OS/c1-16-12-14-18(15-13-16)21-25-23(27-26-21)29-20(17-8-4-2-5-9-17)22(28)24-19-10-6-3-7-11-19/h2-15,20H,1H3,(H,24,28)(H,25,26,27). The quantitative estimate of drug-likeness (QED) is 0.434. The molecule has 5 nitrogen and oxygen atoms in total. The number of aromatic amines is 1. The van der Waals surface area contributed by atoms with Gasteiger partial charge in [0.1, 0.15) is 5.25 Å². The maximum absolute atomic E-state index is 13.0. The van der Waals surface area contributed by atoms with Crippen LogP contribution in [-0.2, 0) is 4.79 Å². The molecule has 0 aliphatic carbocycles. The summed E-state index contributed by atoms with van der Waals surface area (Å²) >= 11 is 1.32. The summed E-state index contributed by atoms with van der Waals surface area (Å²) in [6.07, 6.45) is 0. The number of aryl methyl sites for hydroxylation is 1. The lowest BCUT2D eigenvalue weighted by molar-refractivity contribution is -0.115. The molecule has 4 aromatic rings. The average Bonchev–Trinajstić information content (AvgIpc) is 3.22. The second-order valence-electron chi connectivity index (χ2n) is 6.60. The van der Waals surface area contributed by atoms with Gasteiger partial charge < -0.3 is 5.32 Å². The van der Waals surface area contributed by atoms with Gasteiger partial charge in [-0.05, 0) is 24.6 Å². The number of H-pyrrole nitrogens is 1. The second kappa shape index (κ2) is 8.75. The monoisotopic (exact) mass is 400 g/mol. The molecule has 0 aliphatic heterocycles. The van der Waals surface area contributed by atoms with Crippen LogP contribution in [0.5, 0.6) is 0 Å². The van der Waals surface area contributed by atoms with Gasteiger partial charge in [0.25, 0.3) is 0 Å². The molecule has 0 aliphatic rings. The van der Waals surface area contributed by atoms with Crippen molar-refractivity contribution in [3.8, 4) is 11.4 Å². The van der Waals surface area contributed by atoms with Crippen molar-refractivity contribution in [1.82, 2.24) is 15.2 Å². The first kappa shape index (κ1) is 19.0. The van der Waals surface area contributed by atoms with Crippen molar-refractivity contribution < 1.29 is 4.79 Å². The molecule has 0 saturated carbocycles. The fourth-order valence-electron chi connectivity index (χ4n) is 2.88. The number of nitrogens with zero attached hydrogens (tertiary/aromatic N) is 2. The van der Waals surface area contributed by atoms with Crippen molar-refractivity contribution in [2.24, 2.45) is 0 Å². The number of anilines is 1. The van der Waals surface area contributed by atoms with Crippen molar-refractivity contribution in [1.29, 1.82) is 0 Å². The Bertz CT molecular complexity index is 1080. The van der Waals surface area contributed by atoms with Gasteiger partial charge in [-0.25, -0.2) is 4.98 Å². The van der Waals surface area contributed by atoms with Gasteiger partial charge in [0.2, 0.25) is 11.1 Å². The number of carbonyl (C=O) groups excluding carboxylic acids is 1. The topological polar surface area (TPSA) is 70.7 Å². The predicted octanol–water partition coefficient (Wildman–Crippen LogP) is 5.25. The fraction of sp³-hybridized carbons (Fsp3) is 0.0870. The number of amides is 1. The van der Waals surface area contributed by atoms with Gasteiger partial charge in [-0.15, -0.1) is 5.10 Å². The Morgan fingerprint density at radius 2 is 1.59 bits per heavy atom. The maximum Gasteiger partial charge on any atom is 0.242 e. The number of carbonyl (C=O) groups is 1. The van der Waals surface area contributed by atoms with Gasteiger partial charge in [-0.3, -0.25) is 9.89 Å². The molecule has 6 heteroatoms. The first-order chi connectivity index (χ1) is 14.2. The van der Waals surface area contributed by atoms with Crippen LogP contribution in [0.1, 0.15) is 16.4 Å². The molecule has 1 aromatic heterocycles. The van der Waals surface area contributed by atoms with Crippen LogP contribution >= 0.6 is 11.8 Å². The lowest BCUT2D eigenvalue weighted by Crippen LogP contribution is -2.19.